The predicted octanol–water partition coefficient (Wildman–Crippen LogP) is 4.22. The second-order valence-corrected chi connectivity index (χ2v) is 7.79. The fourth-order valence-corrected chi connectivity index (χ4v) is 3.98. The quantitative estimate of drug-likeness (QED) is 0.609. The highest BCUT2D eigenvalue weighted by Crippen LogP contribution is 2.32. The summed E-state index contributed by atoms with van der Waals surface area (Å²) in [7, 11) is 1.53. The molecule has 31 heavy (non-hydrogen) atoms. The van der Waals surface area contributed by atoms with Crippen molar-refractivity contribution in [3.05, 3.63) is 53.0 Å². The number of nitrogens with zero attached hydrogens (tertiary/aromatic N) is 3. The number of nitrogens with one attached hydrogen (secondary N) is 1. The van der Waals surface area contributed by atoms with Crippen LogP contribution in [0.2, 0.25) is 5.02 Å². The topological polar surface area (TPSA) is 99.4 Å². The Kier molecular flexibility index (Phi) is 6.36. The number of rotatable bonds is 6. The average Bonchev–Trinajstić information content (AvgIpc) is 3.17. The van der Waals surface area contributed by atoms with Gasteiger partial charge in [-0.15, -0.1) is 0 Å². The molecule has 3 aromatic rings. The summed E-state index contributed by atoms with van der Waals surface area (Å²) in [5, 5.41) is 7.70. The van der Waals surface area contributed by atoms with Crippen LogP contribution in [0.5, 0.6) is 11.8 Å². The highest BCUT2D eigenvalue weighted by atomic mass is 35.5. The number of hydrogen-bond donors (Lipinski definition) is 1. The van der Waals surface area contributed by atoms with Gasteiger partial charge in [-0.25, -0.2) is 9.97 Å². The highest BCUT2D eigenvalue weighted by Gasteiger charge is 2.28. The minimum absolute atomic E-state index is 0.00485. The number of benzene rings is 1. The van der Waals surface area contributed by atoms with E-state index in [0.29, 0.717) is 39.4 Å². The Balaban J connectivity index is 1.39. The zero-order valence-electron chi connectivity index (χ0n) is 17.3. The largest absolute Gasteiger partial charge is 0.477 e. The molecule has 1 amide bonds. The number of carbonyl (C=O) groups excluding carboxylic acids is 1. The van der Waals surface area contributed by atoms with Crippen molar-refractivity contribution >= 4 is 17.5 Å². The van der Waals surface area contributed by atoms with Gasteiger partial charge < -0.3 is 19.3 Å². The summed E-state index contributed by atoms with van der Waals surface area (Å²) in [6.45, 7) is 1.72. The van der Waals surface area contributed by atoms with E-state index in [1.54, 1.807) is 25.4 Å². The molecule has 1 aliphatic carbocycles. The fourth-order valence-electron chi connectivity index (χ4n) is 3.75. The molecule has 0 radical (unpaired) electrons. The zero-order chi connectivity index (χ0) is 21.8. The molecule has 0 saturated heterocycles. The van der Waals surface area contributed by atoms with Crippen LogP contribution < -0.4 is 14.8 Å². The normalized spacial score (nSPS) is 18.4. The Bertz CT molecular complexity index is 1060. The van der Waals surface area contributed by atoms with Crippen LogP contribution in [0.3, 0.4) is 0 Å². The van der Waals surface area contributed by atoms with Gasteiger partial charge in [-0.05, 0) is 38.7 Å². The molecule has 1 aromatic carbocycles. The molecular formula is C22H23ClN4O4. The van der Waals surface area contributed by atoms with Gasteiger partial charge in [0.05, 0.1) is 12.1 Å². The minimum Gasteiger partial charge on any atom is -0.477 e. The number of amides is 1. The summed E-state index contributed by atoms with van der Waals surface area (Å²) in [5.41, 5.74) is 1.53. The summed E-state index contributed by atoms with van der Waals surface area (Å²) in [4.78, 5) is 21.3. The number of aryl methyl sites for hydroxylation is 1. The van der Waals surface area contributed by atoms with Crippen molar-refractivity contribution < 1.29 is 18.8 Å². The van der Waals surface area contributed by atoms with Crippen LogP contribution in [0.1, 0.15) is 41.8 Å². The van der Waals surface area contributed by atoms with E-state index >= 15 is 0 Å². The van der Waals surface area contributed by atoms with Crippen molar-refractivity contribution in [1.29, 1.82) is 0 Å². The van der Waals surface area contributed by atoms with Gasteiger partial charge >= 0.3 is 0 Å². The standard InChI is InChI=1S/C22H23ClN4O4/c1-13-18(19(27-31-13)16-5-3-4-6-17(16)23)20(28)26-14-7-9-15(10-8-14)30-22-21(29-2)24-11-12-25-22/h3-6,11-12,14-15H,7-10H2,1-2H3,(H,26,28). The molecule has 1 saturated carbocycles. The first-order valence-electron chi connectivity index (χ1n) is 10.1. The maximum Gasteiger partial charge on any atom is 0.278 e. The fraction of sp³-hybridized carbons (Fsp3) is 0.364. The van der Waals surface area contributed by atoms with Gasteiger partial charge in [0.2, 0.25) is 0 Å². The Morgan fingerprint density at radius 2 is 1.84 bits per heavy atom. The number of halogens is 1. The third-order valence-corrected chi connectivity index (χ3v) is 5.66. The Morgan fingerprint density at radius 1 is 1.13 bits per heavy atom. The Morgan fingerprint density at radius 3 is 2.55 bits per heavy atom. The third kappa shape index (κ3) is 4.64. The van der Waals surface area contributed by atoms with E-state index in [2.05, 4.69) is 20.4 Å². The van der Waals surface area contributed by atoms with Crippen LogP contribution in [0.25, 0.3) is 11.3 Å². The van der Waals surface area contributed by atoms with Crippen molar-refractivity contribution in [3.8, 4) is 23.0 Å². The molecule has 1 fully saturated rings. The van der Waals surface area contributed by atoms with Gasteiger partial charge in [-0.2, -0.15) is 0 Å². The molecule has 0 aliphatic heterocycles. The van der Waals surface area contributed by atoms with Gasteiger partial charge in [0.15, 0.2) is 0 Å². The molecule has 2 heterocycles. The molecule has 0 bridgehead atoms. The Hall–Kier alpha value is -3.13. The van der Waals surface area contributed by atoms with E-state index in [4.69, 9.17) is 25.6 Å². The highest BCUT2D eigenvalue weighted by molar-refractivity contribution is 6.33. The van der Waals surface area contributed by atoms with E-state index in [9.17, 15) is 4.79 Å². The van der Waals surface area contributed by atoms with E-state index in [1.807, 2.05) is 18.2 Å². The molecule has 162 valence electrons. The molecule has 1 N–H and O–H groups in total. The summed E-state index contributed by atoms with van der Waals surface area (Å²) in [5.74, 6) is 1.00. The van der Waals surface area contributed by atoms with Crippen molar-refractivity contribution in [2.24, 2.45) is 0 Å². The van der Waals surface area contributed by atoms with Crippen molar-refractivity contribution in [3.63, 3.8) is 0 Å². The smallest absolute Gasteiger partial charge is 0.278 e. The van der Waals surface area contributed by atoms with Crippen LogP contribution in [0.4, 0.5) is 0 Å². The molecule has 0 spiro atoms. The van der Waals surface area contributed by atoms with Crippen molar-refractivity contribution in [2.45, 2.75) is 44.8 Å². The SMILES string of the molecule is COc1nccnc1OC1CCC(NC(=O)c2c(-c3ccccc3Cl)noc2C)CC1. The maximum absolute atomic E-state index is 13.0. The third-order valence-electron chi connectivity index (χ3n) is 5.33. The van der Waals surface area contributed by atoms with Gasteiger partial charge in [0.25, 0.3) is 17.7 Å². The van der Waals surface area contributed by atoms with E-state index in [0.717, 1.165) is 25.7 Å². The summed E-state index contributed by atoms with van der Waals surface area (Å²) >= 11 is 6.29. The first-order valence-corrected chi connectivity index (χ1v) is 10.5. The molecule has 1 aliphatic rings. The molecule has 4 rings (SSSR count). The molecule has 8 nitrogen and oxygen atoms in total. The summed E-state index contributed by atoms with van der Waals surface area (Å²) in [6, 6.07) is 7.29. The van der Waals surface area contributed by atoms with Crippen LogP contribution in [0.15, 0.2) is 41.2 Å². The first kappa shape index (κ1) is 21.1. The van der Waals surface area contributed by atoms with Gasteiger partial charge in [0.1, 0.15) is 23.1 Å². The summed E-state index contributed by atoms with van der Waals surface area (Å²) in [6.07, 6.45) is 6.25. The van der Waals surface area contributed by atoms with E-state index < -0.39 is 0 Å². The molecule has 0 unspecified atom stereocenters. The average molecular weight is 443 g/mol. The lowest BCUT2D eigenvalue weighted by Gasteiger charge is -2.29. The lowest BCUT2D eigenvalue weighted by Crippen LogP contribution is -2.40. The first-order chi connectivity index (χ1) is 15.1. The number of aromatic nitrogens is 3. The second kappa shape index (κ2) is 9.34. The lowest BCUT2D eigenvalue weighted by atomic mass is 9.92. The van der Waals surface area contributed by atoms with Gasteiger partial charge in [-0.1, -0.05) is 35.0 Å². The zero-order valence-corrected chi connectivity index (χ0v) is 18.1. The monoisotopic (exact) mass is 442 g/mol. The van der Waals surface area contributed by atoms with Gasteiger partial charge in [0, 0.05) is 24.0 Å². The van der Waals surface area contributed by atoms with E-state index in [-0.39, 0.29) is 18.1 Å². The maximum atomic E-state index is 13.0. The number of ether oxygens (including phenoxy) is 2. The second-order valence-electron chi connectivity index (χ2n) is 7.38. The van der Waals surface area contributed by atoms with Crippen LogP contribution in [-0.4, -0.2) is 40.3 Å². The van der Waals surface area contributed by atoms with Crippen LogP contribution in [0, 0.1) is 6.92 Å². The number of carbonyl (C=O) groups is 1. The number of methoxy groups -OCH3 is 1. The van der Waals surface area contributed by atoms with Crippen molar-refractivity contribution in [1.82, 2.24) is 20.4 Å². The predicted molar refractivity (Wildman–Crippen MR) is 114 cm³/mol. The lowest BCUT2D eigenvalue weighted by molar-refractivity contribution is 0.0885. The van der Waals surface area contributed by atoms with Crippen molar-refractivity contribution in [2.75, 3.05) is 7.11 Å². The number of hydrogen-bond acceptors (Lipinski definition) is 7. The minimum atomic E-state index is -0.214. The molecule has 0 atom stereocenters. The molecule has 9 heteroatoms. The Labute approximate surface area is 184 Å². The van der Waals surface area contributed by atoms with Gasteiger partial charge in [-0.3, -0.25) is 4.79 Å². The molecular weight excluding hydrogens is 420 g/mol. The summed E-state index contributed by atoms with van der Waals surface area (Å²) < 4.78 is 16.5. The van der Waals surface area contributed by atoms with Crippen LogP contribution in [-0.2, 0) is 0 Å². The molecule has 2 aromatic heterocycles. The van der Waals surface area contributed by atoms with Crippen LogP contribution >= 0.6 is 11.6 Å². The van der Waals surface area contributed by atoms with E-state index in [1.165, 1.54) is 7.11 Å².